The van der Waals surface area contributed by atoms with E-state index in [1.54, 1.807) is 11.3 Å². The molecule has 0 fully saturated rings. The van der Waals surface area contributed by atoms with Crippen molar-refractivity contribution in [1.29, 1.82) is 0 Å². The summed E-state index contributed by atoms with van der Waals surface area (Å²) in [5.74, 6) is 0.552. The second kappa shape index (κ2) is 7.70. The van der Waals surface area contributed by atoms with E-state index in [0.717, 1.165) is 26.5 Å². The van der Waals surface area contributed by atoms with Crippen LogP contribution in [-0.4, -0.2) is 23.7 Å². The van der Waals surface area contributed by atoms with E-state index in [1.807, 2.05) is 48.5 Å². The summed E-state index contributed by atoms with van der Waals surface area (Å²) in [6, 6.07) is 15.3. The normalized spacial score (nSPS) is 10.5. The molecule has 0 aliphatic rings. The fourth-order valence-corrected chi connectivity index (χ4v) is 3.11. The lowest BCUT2D eigenvalue weighted by Gasteiger charge is -2.06. The molecule has 1 amide bonds. The zero-order valence-corrected chi connectivity index (χ0v) is 13.7. The third-order valence-electron chi connectivity index (χ3n) is 3.37. The van der Waals surface area contributed by atoms with Crippen LogP contribution in [0.5, 0.6) is 5.75 Å². The first-order valence-corrected chi connectivity index (χ1v) is 8.33. The Morgan fingerprint density at radius 2 is 1.96 bits per heavy atom. The Morgan fingerprint density at radius 3 is 2.71 bits per heavy atom. The van der Waals surface area contributed by atoms with Crippen molar-refractivity contribution >= 4 is 33.7 Å². The smallest absolute Gasteiger partial charge is 0.224 e. The van der Waals surface area contributed by atoms with Crippen molar-refractivity contribution in [3.63, 3.8) is 0 Å². The lowest BCUT2D eigenvalue weighted by molar-refractivity contribution is -0.121. The quantitative estimate of drug-likeness (QED) is 0.672. The number of hydrogen-bond donors (Lipinski definition) is 1. The number of carbonyl (C=O) groups excluding carboxylic acids is 2. The topological polar surface area (TPSA) is 68.3 Å². The summed E-state index contributed by atoms with van der Waals surface area (Å²) < 4.78 is 6.89. The Bertz CT molecular complexity index is 810. The number of thiazole rings is 1. The van der Waals surface area contributed by atoms with Gasteiger partial charge in [-0.25, -0.2) is 4.98 Å². The maximum absolute atomic E-state index is 11.5. The highest BCUT2D eigenvalue weighted by Gasteiger charge is 2.05. The number of aromatic nitrogens is 1. The Hall–Kier alpha value is -2.73. The van der Waals surface area contributed by atoms with Crippen LogP contribution < -0.4 is 10.1 Å². The molecule has 5 nitrogen and oxygen atoms in total. The van der Waals surface area contributed by atoms with E-state index >= 15 is 0 Å². The minimum absolute atomic E-state index is 0.0438. The van der Waals surface area contributed by atoms with Crippen LogP contribution in [0.2, 0.25) is 0 Å². The number of para-hydroxylation sites is 1. The predicted molar refractivity (Wildman–Crippen MR) is 93.2 cm³/mol. The Balaban J connectivity index is 1.56. The number of amides is 1. The maximum Gasteiger partial charge on any atom is 0.224 e. The predicted octanol–water partition coefficient (Wildman–Crippen LogP) is 2.73. The summed E-state index contributed by atoms with van der Waals surface area (Å²) in [6.45, 7) is 0.459. The van der Waals surface area contributed by atoms with E-state index in [9.17, 15) is 9.59 Å². The summed E-state index contributed by atoms with van der Waals surface area (Å²) >= 11 is 1.62. The zero-order valence-electron chi connectivity index (χ0n) is 12.9. The van der Waals surface area contributed by atoms with Crippen LogP contribution in [0.3, 0.4) is 0 Å². The molecule has 0 atom stereocenters. The number of nitrogens with zero attached hydrogens (tertiary/aromatic N) is 1. The van der Waals surface area contributed by atoms with Crippen LogP contribution in [0, 0.1) is 0 Å². The van der Waals surface area contributed by atoms with Crippen LogP contribution in [0.1, 0.15) is 10.6 Å². The van der Waals surface area contributed by atoms with Gasteiger partial charge in [0.15, 0.2) is 0 Å². The molecule has 0 aliphatic carbocycles. The summed E-state index contributed by atoms with van der Waals surface area (Å²) in [7, 11) is 0. The second-order valence-electron chi connectivity index (χ2n) is 5.16. The van der Waals surface area contributed by atoms with Gasteiger partial charge in [0.05, 0.1) is 23.2 Å². The Morgan fingerprint density at radius 1 is 1.17 bits per heavy atom. The van der Waals surface area contributed by atoms with E-state index in [0.29, 0.717) is 12.9 Å². The van der Waals surface area contributed by atoms with Gasteiger partial charge in [-0.05, 0) is 29.8 Å². The number of benzene rings is 2. The molecule has 24 heavy (non-hydrogen) atoms. The highest BCUT2D eigenvalue weighted by Crippen LogP contribution is 2.23. The maximum atomic E-state index is 11.5. The standard InChI is InChI=1S/C18H16N2O3S/c21-10-9-19-17(22)11-13-5-7-14(8-6-13)23-12-18-20-15-3-1-2-4-16(15)24-18/h1-8,10H,9,11-12H2,(H,19,22). The van der Waals surface area contributed by atoms with Crippen molar-refractivity contribution in [2.24, 2.45) is 0 Å². The largest absolute Gasteiger partial charge is 0.486 e. The van der Waals surface area contributed by atoms with E-state index < -0.39 is 0 Å². The second-order valence-corrected chi connectivity index (χ2v) is 6.27. The number of carbonyl (C=O) groups is 2. The number of fused-ring (bicyclic) bond motifs is 1. The Kier molecular flexibility index (Phi) is 5.18. The van der Waals surface area contributed by atoms with Crippen LogP contribution in [-0.2, 0) is 22.6 Å². The van der Waals surface area contributed by atoms with E-state index in [-0.39, 0.29) is 18.9 Å². The van der Waals surface area contributed by atoms with Gasteiger partial charge in [0.1, 0.15) is 23.7 Å². The molecule has 1 N–H and O–H groups in total. The molecule has 0 bridgehead atoms. The highest BCUT2D eigenvalue weighted by atomic mass is 32.1. The summed E-state index contributed by atoms with van der Waals surface area (Å²) in [5.41, 5.74) is 1.85. The van der Waals surface area contributed by atoms with Crippen molar-refractivity contribution in [2.75, 3.05) is 6.54 Å². The first kappa shape index (κ1) is 16.1. The molecule has 0 radical (unpaired) electrons. The molecule has 1 heterocycles. The van der Waals surface area contributed by atoms with Crippen molar-refractivity contribution < 1.29 is 14.3 Å². The van der Waals surface area contributed by atoms with Gasteiger partial charge < -0.3 is 14.8 Å². The SMILES string of the molecule is O=CCNC(=O)Cc1ccc(OCc2nc3ccccc3s2)cc1. The van der Waals surface area contributed by atoms with Crippen molar-refractivity contribution in [3.05, 3.63) is 59.1 Å². The average Bonchev–Trinajstić information content (AvgIpc) is 3.02. The molecular formula is C18H16N2O3S. The van der Waals surface area contributed by atoms with Crippen molar-refractivity contribution in [1.82, 2.24) is 10.3 Å². The molecule has 3 aromatic rings. The molecule has 6 heteroatoms. The van der Waals surface area contributed by atoms with Gasteiger partial charge in [-0.3, -0.25) is 4.79 Å². The van der Waals surface area contributed by atoms with Crippen LogP contribution in [0.15, 0.2) is 48.5 Å². The van der Waals surface area contributed by atoms with Gasteiger partial charge in [-0.15, -0.1) is 11.3 Å². The zero-order chi connectivity index (χ0) is 16.8. The Labute approximate surface area is 143 Å². The molecule has 0 aliphatic heterocycles. The molecule has 0 spiro atoms. The van der Waals surface area contributed by atoms with Gasteiger partial charge in [0.25, 0.3) is 0 Å². The third kappa shape index (κ3) is 4.17. The minimum atomic E-state index is -0.176. The molecule has 122 valence electrons. The van der Waals surface area contributed by atoms with E-state index in [4.69, 9.17) is 4.74 Å². The van der Waals surface area contributed by atoms with E-state index in [1.165, 1.54) is 0 Å². The lowest BCUT2D eigenvalue weighted by atomic mass is 10.1. The number of hydrogen-bond acceptors (Lipinski definition) is 5. The minimum Gasteiger partial charge on any atom is -0.486 e. The molecule has 1 aromatic heterocycles. The molecule has 3 rings (SSSR count). The fourth-order valence-electron chi connectivity index (χ4n) is 2.23. The van der Waals surface area contributed by atoms with Gasteiger partial charge in [-0.2, -0.15) is 0 Å². The molecule has 0 unspecified atom stereocenters. The van der Waals surface area contributed by atoms with Crippen LogP contribution in [0.4, 0.5) is 0 Å². The van der Waals surface area contributed by atoms with E-state index in [2.05, 4.69) is 10.3 Å². The first-order valence-electron chi connectivity index (χ1n) is 7.51. The van der Waals surface area contributed by atoms with Crippen LogP contribution >= 0.6 is 11.3 Å². The number of ether oxygens (including phenoxy) is 1. The number of nitrogens with one attached hydrogen (secondary N) is 1. The molecule has 0 saturated heterocycles. The monoisotopic (exact) mass is 340 g/mol. The molecule has 0 saturated carbocycles. The van der Waals surface area contributed by atoms with Crippen LogP contribution in [0.25, 0.3) is 10.2 Å². The summed E-state index contributed by atoms with van der Waals surface area (Å²) in [5, 5.41) is 3.43. The average molecular weight is 340 g/mol. The number of aldehydes is 1. The van der Waals surface area contributed by atoms with Gasteiger partial charge in [-0.1, -0.05) is 24.3 Å². The van der Waals surface area contributed by atoms with Gasteiger partial charge in [0, 0.05) is 0 Å². The first-order chi connectivity index (χ1) is 11.7. The summed E-state index contributed by atoms with van der Waals surface area (Å²) in [4.78, 5) is 26.3. The highest BCUT2D eigenvalue weighted by molar-refractivity contribution is 7.18. The lowest BCUT2D eigenvalue weighted by Crippen LogP contribution is -2.26. The third-order valence-corrected chi connectivity index (χ3v) is 4.38. The fraction of sp³-hybridized carbons (Fsp3) is 0.167. The van der Waals surface area contributed by atoms with Gasteiger partial charge >= 0.3 is 0 Å². The molecular weight excluding hydrogens is 324 g/mol. The molecule has 2 aromatic carbocycles. The van der Waals surface area contributed by atoms with Gasteiger partial charge in [0.2, 0.25) is 5.91 Å². The summed E-state index contributed by atoms with van der Waals surface area (Å²) in [6.07, 6.45) is 0.906. The van der Waals surface area contributed by atoms with Crippen molar-refractivity contribution in [3.8, 4) is 5.75 Å². The van der Waals surface area contributed by atoms with Crippen molar-refractivity contribution in [2.45, 2.75) is 13.0 Å². The number of rotatable bonds is 7.